The molecule has 3 nitrogen and oxygen atoms in total. The van der Waals surface area contributed by atoms with Gasteiger partial charge in [-0.15, -0.1) is 0 Å². The molecule has 0 spiro atoms. The summed E-state index contributed by atoms with van der Waals surface area (Å²) < 4.78 is 0. The van der Waals surface area contributed by atoms with Crippen molar-refractivity contribution in [2.75, 3.05) is 6.54 Å². The Hall–Kier alpha value is -1.22. The van der Waals surface area contributed by atoms with Crippen LogP contribution in [0.3, 0.4) is 0 Å². The predicted octanol–water partition coefficient (Wildman–Crippen LogP) is 3.46. The zero-order valence-corrected chi connectivity index (χ0v) is 13.1. The maximum absolute atomic E-state index is 6.14. The Bertz CT molecular complexity index is 476. The van der Waals surface area contributed by atoms with Gasteiger partial charge in [0.15, 0.2) is 5.96 Å². The molecule has 0 saturated heterocycles. The molecule has 1 fully saturated rings. The molecule has 20 heavy (non-hydrogen) atoms. The number of hydrogen-bond acceptors (Lipinski definition) is 1. The number of benzene rings is 1. The summed E-state index contributed by atoms with van der Waals surface area (Å²) in [7, 11) is 0. The van der Waals surface area contributed by atoms with E-state index in [-0.39, 0.29) is 5.41 Å². The van der Waals surface area contributed by atoms with Crippen molar-refractivity contribution in [1.82, 2.24) is 5.32 Å². The monoisotopic (exact) mass is 293 g/mol. The topological polar surface area (TPSA) is 50.4 Å². The van der Waals surface area contributed by atoms with Crippen LogP contribution in [0.2, 0.25) is 5.02 Å². The minimum absolute atomic E-state index is 0.105. The van der Waals surface area contributed by atoms with E-state index in [9.17, 15) is 0 Å². The van der Waals surface area contributed by atoms with E-state index in [0.717, 1.165) is 24.4 Å². The van der Waals surface area contributed by atoms with Gasteiger partial charge in [0.2, 0.25) is 0 Å². The van der Waals surface area contributed by atoms with Crippen molar-refractivity contribution >= 4 is 17.6 Å². The number of halogens is 1. The van der Waals surface area contributed by atoms with Gasteiger partial charge in [0.25, 0.3) is 0 Å². The molecule has 3 N–H and O–H groups in total. The summed E-state index contributed by atoms with van der Waals surface area (Å²) in [6.07, 6.45) is 4.82. The van der Waals surface area contributed by atoms with Crippen molar-refractivity contribution in [3.05, 3.63) is 34.9 Å². The van der Waals surface area contributed by atoms with Gasteiger partial charge >= 0.3 is 0 Å². The Morgan fingerprint density at radius 2 is 2.10 bits per heavy atom. The summed E-state index contributed by atoms with van der Waals surface area (Å²) in [6, 6.07) is 8.50. The van der Waals surface area contributed by atoms with E-state index in [1.54, 1.807) is 0 Å². The molecule has 1 aliphatic rings. The third-order valence-corrected chi connectivity index (χ3v) is 4.22. The molecule has 2 rings (SSSR count). The molecule has 0 heterocycles. The molecule has 0 unspecified atom stereocenters. The Morgan fingerprint density at radius 3 is 2.70 bits per heavy atom. The molecule has 0 amide bonds. The highest BCUT2D eigenvalue weighted by Crippen LogP contribution is 2.42. The van der Waals surface area contributed by atoms with Crippen LogP contribution in [0, 0.1) is 0 Å². The molecule has 1 aromatic rings. The average molecular weight is 294 g/mol. The number of hydrogen-bond donors (Lipinski definition) is 2. The standard InChI is InChI=1S/C16H24ClN3/c1-12(2)20-15(18)19-11-16(8-3-4-9-16)13-6-5-7-14(17)10-13/h5-7,10,12H,3-4,8-9,11H2,1-2H3,(H3,18,19,20). The number of nitrogens with two attached hydrogens (primary N) is 1. The van der Waals surface area contributed by atoms with Crippen LogP contribution in [0.25, 0.3) is 0 Å². The van der Waals surface area contributed by atoms with Crippen LogP contribution in [0.4, 0.5) is 0 Å². The first kappa shape index (κ1) is 15.2. The summed E-state index contributed by atoms with van der Waals surface area (Å²) in [4.78, 5) is 4.56. The number of rotatable bonds is 4. The SMILES string of the molecule is CC(C)NC(N)=NCC1(c2cccc(Cl)c2)CCCC1. The molecule has 1 saturated carbocycles. The summed E-state index contributed by atoms with van der Waals surface area (Å²) in [5.41, 5.74) is 7.33. The van der Waals surface area contributed by atoms with Gasteiger partial charge in [-0.3, -0.25) is 4.99 Å². The molecule has 0 aliphatic heterocycles. The third kappa shape index (κ3) is 3.66. The second-order valence-electron chi connectivity index (χ2n) is 6.00. The summed E-state index contributed by atoms with van der Waals surface area (Å²) in [6.45, 7) is 4.86. The molecule has 0 bridgehead atoms. The van der Waals surface area contributed by atoms with Gasteiger partial charge in [0, 0.05) is 16.5 Å². The summed E-state index contributed by atoms with van der Waals surface area (Å²) in [5.74, 6) is 0.535. The van der Waals surface area contributed by atoms with Crippen LogP contribution in [0.1, 0.15) is 45.1 Å². The molecular weight excluding hydrogens is 270 g/mol. The van der Waals surface area contributed by atoms with Gasteiger partial charge < -0.3 is 11.1 Å². The minimum atomic E-state index is 0.105. The minimum Gasteiger partial charge on any atom is -0.370 e. The molecule has 0 atom stereocenters. The number of aliphatic imine (C=N–C) groups is 1. The highest BCUT2D eigenvalue weighted by molar-refractivity contribution is 6.30. The fraction of sp³-hybridized carbons (Fsp3) is 0.562. The van der Waals surface area contributed by atoms with Crippen LogP contribution in [0.15, 0.2) is 29.3 Å². The van der Waals surface area contributed by atoms with Gasteiger partial charge in [0.05, 0.1) is 6.54 Å². The zero-order valence-electron chi connectivity index (χ0n) is 12.3. The van der Waals surface area contributed by atoms with Crippen LogP contribution >= 0.6 is 11.6 Å². The number of guanidine groups is 1. The van der Waals surface area contributed by atoms with E-state index in [1.807, 2.05) is 12.1 Å². The lowest BCUT2D eigenvalue weighted by atomic mass is 9.79. The fourth-order valence-corrected chi connectivity index (χ4v) is 3.18. The molecule has 1 aliphatic carbocycles. The Morgan fingerprint density at radius 1 is 1.40 bits per heavy atom. The van der Waals surface area contributed by atoms with Crippen LogP contribution in [-0.4, -0.2) is 18.5 Å². The Balaban J connectivity index is 2.18. The quantitative estimate of drug-likeness (QED) is 0.660. The smallest absolute Gasteiger partial charge is 0.188 e. The number of nitrogens with zero attached hydrogens (tertiary/aromatic N) is 1. The van der Waals surface area contributed by atoms with Crippen molar-refractivity contribution in [2.24, 2.45) is 10.7 Å². The molecule has 1 aromatic carbocycles. The summed E-state index contributed by atoms with van der Waals surface area (Å²) >= 11 is 6.14. The van der Waals surface area contributed by atoms with E-state index >= 15 is 0 Å². The highest BCUT2D eigenvalue weighted by Gasteiger charge is 2.35. The van der Waals surface area contributed by atoms with Gasteiger partial charge in [-0.2, -0.15) is 0 Å². The largest absolute Gasteiger partial charge is 0.370 e. The van der Waals surface area contributed by atoms with E-state index in [0.29, 0.717) is 12.0 Å². The molecule has 0 aromatic heterocycles. The predicted molar refractivity (Wildman–Crippen MR) is 86.4 cm³/mol. The van der Waals surface area contributed by atoms with E-state index in [4.69, 9.17) is 17.3 Å². The lowest BCUT2D eigenvalue weighted by Gasteiger charge is -2.28. The Kier molecular flexibility index (Phi) is 4.92. The van der Waals surface area contributed by atoms with Crippen molar-refractivity contribution in [3.63, 3.8) is 0 Å². The van der Waals surface area contributed by atoms with Crippen LogP contribution in [0.5, 0.6) is 0 Å². The van der Waals surface area contributed by atoms with Crippen LogP contribution < -0.4 is 11.1 Å². The maximum atomic E-state index is 6.14. The first-order valence-electron chi connectivity index (χ1n) is 7.34. The van der Waals surface area contributed by atoms with Crippen molar-refractivity contribution in [3.8, 4) is 0 Å². The molecular formula is C16H24ClN3. The van der Waals surface area contributed by atoms with E-state index in [1.165, 1.54) is 18.4 Å². The molecule has 0 radical (unpaired) electrons. The molecule has 4 heteroatoms. The van der Waals surface area contributed by atoms with Gasteiger partial charge in [-0.05, 0) is 44.4 Å². The average Bonchev–Trinajstić information content (AvgIpc) is 2.86. The second-order valence-corrected chi connectivity index (χ2v) is 6.43. The normalized spacial score (nSPS) is 18.5. The van der Waals surface area contributed by atoms with Gasteiger partial charge in [-0.25, -0.2) is 0 Å². The lowest BCUT2D eigenvalue weighted by molar-refractivity contribution is 0.453. The first-order chi connectivity index (χ1) is 9.52. The highest BCUT2D eigenvalue weighted by atomic mass is 35.5. The van der Waals surface area contributed by atoms with Crippen molar-refractivity contribution < 1.29 is 0 Å². The second kappa shape index (κ2) is 6.49. The van der Waals surface area contributed by atoms with Crippen LogP contribution in [-0.2, 0) is 5.41 Å². The van der Waals surface area contributed by atoms with Gasteiger partial charge in [-0.1, -0.05) is 36.6 Å². The van der Waals surface area contributed by atoms with Crippen molar-refractivity contribution in [2.45, 2.75) is 51.0 Å². The van der Waals surface area contributed by atoms with Crippen molar-refractivity contribution in [1.29, 1.82) is 0 Å². The fourth-order valence-electron chi connectivity index (χ4n) is 2.99. The lowest BCUT2D eigenvalue weighted by Crippen LogP contribution is -2.38. The van der Waals surface area contributed by atoms with Gasteiger partial charge in [0.1, 0.15) is 0 Å². The molecule has 110 valence electrons. The van der Waals surface area contributed by atoms with E-state index in [2.05, 4.69) is 36.3 Å². The summed E-state index contributed by atoms with van der Waals surface area (Å²) in [5, 5.41) is 3.95. The first-order valence-corrected chi connectivity index (χ1v) is 7.72. The number of nitrogens with one attached hydrogen (secondary N) is 1. The maximum Gasteiger partial charge on any atom is 0.188 e. The zero-order chi connectivity index (χ0) is 14.6. The Labute approximate surface area is 126 Å². The van der Waals surface area contributed by atoms with E-state index < -0.39 is 0 Å². The third-order valence-electron chi connectivity index (χ3n) is 3.99.